The molecule has 0 atom stereocenters. The van der Waals surface area contributed by atoms with Crippen molar-refractivity contribution < 1.29 is 9.18 Å². The summed E-state index contributed by atoms with van der Waals surface area (Å²) in [6, 6.07) is 12.2. The minimum Gasteiger partial charge on any atom is -0.398 e. The van der Waals surface area contributed by atoms with E-state index in [0.717, 1.165) is 5.56 Å². The highest BCUT2D eigenvalue weighted by atomic mass is 19.1. The summed E-state index contributed by atoms with van der Waals surface area (Å²) in [7, 11) is 0. The van der Waals surface area contributed by atoms with Gasteiger partial charge in [0.15, 0.2) is 5.78 Å². The monoisotopic (exact) mass is 334 g/mol. The van der Waals surface area contributed by atoms with Crippen LogP contribution in [0.4, 0.5) is 16.0 Å². The number of halogens is 1. The first-order chi connectivity index (χ1) is 12.1. The smallest absolute Gasteiger partial charge is 0.249 e. The van der Waals surface area contributed by atoms with Crippen LogP contribution in [0.1, 0.15) is 22.8 Å². The second kappa shape index (κ2) is 7.00. The molecule has 0 aliphatic rings. The molecule has 0 radical (unpaired) electrons. The number of ketones is 1. The van der Waals surface area contributed by atoms with E-state index in [4.69, 9.17) is 5.73 Å². The Balaban J connectivity index is 2.02. The average Bonchev–Trinajstić information content (AvgIpc) is 2.63. The number of nitrogen functional groups attached to an aromatic ring is 1. The maximum Gasteiger partial charge on any atom is 0.249 e. The van der Waals surface area contributed by atoms with Crippen molar-refractivity contribution in [3.05, 3.63) is 71.7 Å². The Morgan fingerprint density at radius 3 is 2.64 bits per heavy atom. The molecule has 1 aromatic heterocycles. The lowest BCUT2D eigenvalue weighted by Crippen LogP contribution is -2.06. The number of benzene rings is 2. The number of nitrogens with zero attached hydrogens (tertiary/aromatic N) is 3. The van der Waals surface area contributed by atoms with Crippen molar-refractivity contribution >= 4 is 23.6 Å². The summed E-state index contributed by atoms with van der Waals surface area (Å²) in [6.07, 6.45) is 3.20. The number of anilines is 1. The molecule has 3 rings (SSSR count). The first kappa shape index (κ1) is 16.4. The van der Waals surface area contributed by atoms with Gasteiger partial charge in [-0.2, -0.15) is 0 Å². The molecule has 0 bridgehead atoms. The minimum atomic E-state index is -0.400. The lowest BCUT2D eigenvalue weighted by molar-refractivity contribution is 0.103. The molecule has 124 valence electrons. The Labute approximate surface area is 144 Å². The van der Waals surface area contributed by atoms with Gasteiger partial charge in [0.05, 0.1) is 5.69 Å². The lowest BCUT2D eigenvalue weighted by atomic mass is 9.98. The fraction of sp³-hybridized carbons (Fsp3) is 0.0526. The normalized spacial score (nSPS) is 11.0. The molecule has 0 unspecified atom stereocenters. The van der Waals surface area contributed by atoms with Crippen LogP contribution in [0.5, 0.6) is 0 Å². The molecular formula is C19H15FN4O. The first-order valence-electron chi connectivity index (χ1n) is 7.60. The minimum absolute atomic E-state index is 0.278. The first-order valence-corrected chi connectivity index (χ1v) is 7.60. The Morgan fingerprint density at radius 1 is 1.16 bits per heavy atom. The molecule has 0 saturated heterocycles. The van der Waals surface area contributed by atoms with Crippen molar-refractivity contribution in [3.63, 3.8) is 0 Å². The summed E-state index contributed by atoms with van der Waals surface area (Å²) in [5.41, 5.74) is 8.36. The molecule has 0 aliphatic carbocycles. The summed E-state index contributed by atoms with van der Waals surface area (Å²) in [4.78, 5) is 25.1. The van der Waals surface area contributed by atoms with E-state index in [1.807, 2.05) is 0 Å². The molecule has 6 heteroatoms. The van der Waals surface area contributed by atoms with Gasteiger partial charge in [0.2, 0.25) is 5.95 Å². The zero-order valence-corrected chi connectivity index (χ0v) is 13.5. The van der Waals surface area contributed by atoms with Gasteiger partial charge in [-0.15, -0.1) is 0 Å². The second-order valence-corrected chi connectivity index (χ2v) is 5.27. The van der Waals surface area contributed by atoms with Gasteiger partial charge in [-0.25, -0.2) is 19.4 Å². The van der Waals surface area contributed by atoms with Gasteiger partial charge in [0.25, 0.3) is 0 Å². The number of hydrogen-bond donors (Lipinski definition) is 1. The molecule has 5 nitrogen and oxygen atoms in total. The van der Waals surface area contributed by atoms with E-state index < -0.39 is 5.82 Å². The third kappa shape index (κ3) is 3.58. The SMILES string of the molecule is C/C=N/c1nccc(-c2ccc(N)c(C(=O)c3ccc(F)cc3)c2)n1. The van der Waals surface area contributed by atoms with E-state index in [1.165, 1.54) is 24.3 Å². The molecule has 0 fully saturated rings. The highest BCUT2D eigenvalue weighted by Gasteiger charge is 2.14. The van der Waals surface area contributed by atoms with E-state index in [2.05, 4.69) is 15.0 Å². The zero-order valence-electron chi connectivity index (χ0n) is 13.5. The number of rotatable bonds is 4. The van der Waals surface area contributed by atoms with Crippen LogP contribution in [0.15, 0.2) is 59.7 Å². The number of aromatic nitrogens is 2. The third-order valence-corrected chi connectivity index (χ3v) is 3.59. The van der Waals surface area contributed by atoms with Crippen LogP contribution in [-0.2, 0) is 0 Å². The Kier molecular flexibility index (Phi) is 4.61. The van der Waals surface area contributed by atoms with Crippen molar-refractivity contribution in [1.29, 1.82) is 0 Å². The Hall–Kier alpha value is -3.41. The number of hydrogen-bond acceptors (Lipinski definition) is 5. The molecule has 0 spiro atoms. The highest BCUT2D eigenvalue weighted by molar-refractivity contribution is 6.12. The van der Waals surface area contributed by atoms with Crippen molar-refractivity contribution in [2.45, 2.75) is 6.92 Å². The molecule has 1 heterocycles. The average molecular weight is 334 g/mol. The van der Waals surface area contributed by atoms with Crippen LogP contribution < -0.4 is 5.73 Å². The lowest BCUT2D eigenvalue weighted by Gasteiger charge is -2.08. The molecule has 0 aliphatic heterocycles. The molecule has 3 aromatic rings. The quantitative estimate of drug-likeness (QED) is 0.447. The standard InChI is InChI=1S/C19H15FN4O/c1-2-22-19-23-10-9-17(24-19)13-5-8-16(21)15(11-13)18(25)12-3-6-14(20)7-4-12/h2-11H,21H2,1H3/b22-2+. The largest absolute Gasteiger partial charge is 0.398 e. The Morgan fingerprint density at radius 2 is 1.92 bits per heavy atom. The van der Waals surface area contributed by atoms with Crippen LogP contribution in [0.3, 0.4) is 0 Å². The predicted octanol–water partition coefficient (Wildman–Crippen LogP) is 3.82. The topological polar surface area (TPSA) is 81.2 Å². The maximum atomic E-state index is 13.1. The van der Waals surface area contributed by atoms with Gasteiger partial charge in [0, 0.05) is 34.8 Å². The highest BCUT2D eigenvalue weighted by Crippen LogP contribution is 2.25. The molecular weight excluding hydrogens is 319 g/mol. The van der Waals surface area contributed by atoms with Crippen molar-refractivity contribution in [1.82, 2.24) is 9.97 Å². The van der Waals surface area contributed by atoms with Gasteiger partial charge in [0.1, 0.15) is 5.82 Å². The fourth-order valence-electron chi connectivity index (χ4n) is 2.36. The molecule has 2 aromatic carbocycles. The number of nitrogens with two attached hydrogens (primary N) is 1. The van der Waals surface area contributed by atoms with Crippen molar-refractivity contribution in [3.8, 4) is 11.3 Å². The van der Waals surface area contributed by atoms with Crippen LogP contribution in [0, 0.1) is 5.82 Å². The summed E-state index contributed by atoms with van der Waals surface area (Å²) < 4.78 is 13.1. The Bertz CT molecular complexity index is 952. The van der Waals surface area contributed by atoms with E-state index >= 15 is 0 Å². The van der Waals surface area contributed by atoms with E-state index in [0.29, 0.717) is 28.5 Å². The molecule has 0 amide bonds. The van der Waals surface area contributed by atoms with Crippen LogP contribution in [0.25, 0.3) is 11.3 Å². The van der Waals surface area contributed by atoms with Crippen LogP contribution in [-0.4, -0.2) is 22.0 Å². The molecule has 25 heavy (non-hydrogen) atoms. The molecule has 0 saturated carbocycles. The van der Waals surface area contributed by atoms with Crippen molar-refractivity contribution in [2.24, 2.45) is 4.99 Å². The second-order valence-electron chi connectivity index (χ2n) is 5.27. The van der Waals surface area contributed by atoms with Crippen LogP contribution >= 0.6 is 0 Å². The summed E-state index contributed by atoms with van der Waals surface area (Å²) in [5.74, 6) is -0.341. The van der Waals surface area contributed by atoms with E-state index in [9.17, 15) is 9.18 Å². The van der Waals surface area contributed by atoms with Gasteiger partial charge >= 0.3 is 0 Å². The molecule has 2 N–H and O–H groups in total. The van der Waals surface area contributed by atoms with Gasteiger partial charge < -0.3 is 5.73 Å². The third-order valence-electron chi connectivity index (χ3n) is 3.59. The fourth-order valence-corrected chi connectivity index (χ4v) is 2.36. The van der Waals surface area contributed by atoms with Crippen molar-refractivity contribution in [2.75, 3.05) is 5.73 Å². The summed E-state index contributed by atoms with van der Waals surface area (Å²) in [5, 5.41) is 0. The zero-order chi connectivity index (χ0) is 17.8. The summed E-state index contributed by atoms with van der Waals surface area (Å²) in [6.45, 7) is 1.78. The number of carbonyl (C=O) groups excluding carboxylic acids is 1. The van der Waals surface area contributed by atoms with Crippen LogP contribution in [0.2, 0.25) is 0 Å². The van der Waals surface area contributed by atoms with E-state index in [1.54, 1.807) is 43.6 Å². The van der Waals surface area contributed by atoms with Gasteiger partial charge in [-0.05, 0) is 49.4 Å². The van der Waals surface area contributed by atoms with Gasteiger partial charge in [-0.3, -0.25) is 4.79 Å². The summed E-state index contributed by atoms with van der Waals surface area (Å²) >= 11 is 0. The maximum absolute atomic E-state index is 13.1. The predicted molar refractivity (Wildman–Crippen MR) is 95.5 cm³/mol. The number of aliphatic imine (C=N–C) groups is 1. The number of carbonyl (C=O) groups is 1. The van der Waals surface area contributed by atoms with E-state index in [-0.39, 0.29) is 5.78 Å². The van der Waals surface area contributed by atoms with Gasteiger partial charge in [-0.1, -0.05) is 6.07 Å².